The van der Waals surface area contributed by atoms with Crippen molar-refractivity contribution >= 4 is 52.7 Å². The second-order valence-corrected chi connectivity index (χ2v) is 22.5. The fourth-order valence-corrected chi connectivity index (χ4v) is 14.0. The molecule has 0 bridgehead atoms. The van der Waals surface area contributed by atoms with Crippen molar-refractivity contribution in [2.24, 2.45) is 0 Å². The molecule has 6 heteroatoms. The number of aryl methyl sites for hydroxylation is 4. The van der Waals surface area contributed by atoms with Gasteiger partial charge >= 0.3 is 9.84 Å². The number of hydrogen-bond donors (Lipinski definition) is 0. The Labute approximate surface area is 341 Å². The van der Waals surface area contributed by atoms with E-state index in [0.29, 0.717) is 19.6 Å². The van der Waals surface area contributed by atoms with Gasteiger partial charge < -0.3 is 0 Å². The minimum Gasteiger partial charge on any atom is -0.220 e. The van der Waals surface area contributed by atoms with Gasteiger partial charge in [-0.3, -0.25) is 0 Å². The molecule has 0 saturated heterocycles. The van der Waals surface area contributed by atoms with Crippen molar-refractivity contribution in [1.82, 2.24) is 0 Å². The van der Waals surface area contributed by atoms with Gasteiger partial charge in [0.2, 0.25) is 9.84 Å². The molecule has 290 valence electrons. The molecule has 0 saturated carbocycles. The van der Waals surface area contributed by atoms with Gasteiger partial charge in [-0.1, -0.05) is 102 Å². The third-order valence-corrected chi connectivity index (χ3v) is 16.6. The van der Waals surface area contributed by atoms with Crippen LogP contribution in [0, 0.1) is 27.7 Å². The highest BCUT2D eigenvalue weighted by Crippen LogP contribution is 2.53. The van der Waals surface area contributed by atoms with Crippen LogP contribution in [0.2, 0.25) is 0 Å². The molecule has 2 heterocycles. The Morgan fingerprint density at radius 3 is 1.28 bits per heavy atom. The largest absolute Gasteiger partial charge is 0.334 e. The third kappa shape index (κ3) is 4.85. The van der Waals surface area contributed by atoms with Gasteiger partial charge in [0.15, 0.2) is 0 Å². The second-order valence-electron chi connectivity index (χ2n) is 18.8. The molecule has 4 aliphatic rings. The summed E-state index contributed by atoms with van der Waals surface area (Å²) in [5, 5.41) is 3.71. The van der Waals surface area contributed by atoms with Crippen LogP contribution in [0.15, 0.2) is 117 Å². The monoisotopic (exact) mass is 799 g/mol. The minimum absolute atomic E-state index is 0.0666. The lowest BCUT2D eigenvalue weighted by Gasteiger charge is -2.23. The van der Waals surface area contributed by atoms with Crippen molar-refractivity contribution in [3.05, 3.63) is 184 Å². The van der Waals surface area contributed by atoms with Crippen LogP contribution in [0.3, 0.4) is 0 Å². The molecule has 0 radical (unpaired) electrons. The lowest BCUT2D eigenvalue weighted by Crippen LogP contribution is -2.18. The predicted molar refractivity (Wildman–Crippen MR) is 238 cm³/mol. The van der Waals surface area contributed by atoms with E-state index in [4.69, 9.17) is 0 Å². The topological polar surface area (TPSA) is 72.6 Å². The summed E-state index contributed by atoms with van der Waals surface area (Å²) in [7, 11) is -7.45. The third-order valence-electron chi connectivity index (χ3n) is 12.8. The number of rotatable bonds is 2. The zero-order chi connectivity index (χ0) is 41.2. The smallest absolute Gasteiger partial charge is 0.220 e. The Morgan fingerprint density at radius 2 is 0.828 bits per heavy atom. The van der Waals surface area contributed by atoms with E-state index in [0.717, 1.165) is 99.1 Å². The maximum Gasteiger partial charge on any atom is 0.334 e. The van der Waals surface area contributed by atoms with Crippen LogP contribution in [-0.4, -0.2) is 16.8 Å². The maximum atomic E-state index is 14.8. The Balaban J connectivity index is 1.34. The molecule has 2 aliphatic heterocycles. The van der Waals surface area contributed by atoms with Gasteiger partial charge in [-0.15, -0.1) is 0 Å². The lowest BCUT2D eigenvalue weighted by atomic mass is 9.82. The van der Waals surface area contributed by atoms with Crippen molar-refractivity contribution in [1.29, 1.82) is 0 Å². The van der Waals surface area contributed by atoms with Crippen LogP contribution >= 0.6 is 0 Å². The van der Waals surface area contributed by atoms with Gasteiger partial charge in [0, 0.05) is 33.4 Å². The first-order valence-electron chi connectivity index (χ1n) is 20.0. The van der Waals surface area contributed by atoms with Crippen LogP contribution in [-0.2, 0) is 30.5 Å². The average molecular weight is 800 g/mol. The molecule has 1 N–H and O–H groups in total. The summed E-state index contributed by atoms with van der Waals surface area (Å²) >= 11 is 0. The predicted octanol–water partition coefficient (Wildman–Crippen LogP) is 10.3. The van der Waals surface area contributed by atoms with Gasteiger partial charge in [-0.2, -0.15) is 4.21 Å². The van der Waals surface area contributed by atoms with E-state index in [2.05, 4.69) is 118 Å². The zero-order valence-corrected chi connectivity index (χ0v) is 36.4. The number of benzene rings is 6. The molecule has 1 atom stereocenters. The Kier molecular flexibility index (Phi) is 7.45. The van der Waals surface area contributed by atoms with E-state index in [-0.39, 0.29) is 10.8 Å². The highest BCUT2D eigenvalue weighted by molar-refractivity contribution is 7.97. The molecule has 10 rings (SSSR count). The van der Waals surface area contributed by atoms with Crippen LogP contribution in [0.25, 0.3) is 33.1 Å². The summed E-state index contributed by atoms with van der Waals surface area (Å²) in [5.41, 5.74) is 14.8. The van der Waals surface area contributed by atoms with Gasteiger partial charge in [-0.05, 0) is 152 Å². The molecular formula is C52H47O4S2+. The molecule has 58 heavy (non-hydrogen) atoms. The molecule has 6 aromatic rings. The van der Waals surface area contributed by atoms with Crippen LogP contribution in [0.1, 0.15) is 108 Å². The molecule has 1 unspecified atom stereocenters. The minimum atomic E-state index is -3.84. The fourth-order valence-electron chi connectivity index (χ4n) is 10.1. The Morgan fingerprint density at radius 1 is 0.448 bits per heavy atom. The standard InChI is InChI=1S/C52H46O4S2/c1-27-19-33(51(5,6)7)20-28(2)43(27)47-39-25-31-24-38-40(26-32(31)23-37(39)45-35-15-11-13-17-41(35)57(53,54)49(45)47)48(44-29(3)21-34(22-30(44)4)52(8,9)10)50-46(38)36-16-12-14-18-42(36)58(50,55)56/h11-26H,1-10H3/p+1. The van der Waals surface area contributed by atoms with Crippen molar-refractivity contribution in [3.63, 3.8) is 0 Å². The zero-order valence-electron chi connectivity index (χ0n) is 34.7. The number of fused-ring (bicyclic) bond motifs is 9. The van der Waals surface area contributed by atoms with E-state index in [1.165, 1.54) is 11.1 Å². The second kappa shape index (κ2) is 11.7. The highest BCUT2D eigenvalue weighted by atomic mass is 32.2. The molecule has 0 spiro atoms. The van der Waals surface area contributed by atoms with Crippen LogP contribution < -0.4 is 10.4 Å². The highest BCUT2D eigenvalue weighted by Gasteiger charge is 2.47. The first-order chi connectivity index (χ1) is 27.2. The van der Waals surface area contributed by atoms with Crippen LogP contribution in [0.5, 0.6) is 0 Å². The fraction of sp³-hybridized carbons (Fsp3) is 0.231. The molecule has 0 amide bonds. The number of sulfone groups is 1. The summed E-state index contributed by atoms with van der Waals surface area (Å²) < 4.78 is 56.5. The summed E-state index contributed by atoms with van der Waals surface area (Å²) in [6, 6.07) is 32.4. The average Bonchev–Trinajstić information content (AvgIpc) is 3.79. The number of allylic oxidation sites excluding steroid dienone is 2. The van der Waals surface area contributed by atoms with Crippen molar-refractivity contribution in [3.8, 4) is 0 Å². The maximum absolute atomic E-state index is 14.8. The molecular weight excluding hydrogens is 753 g/mol. The molecule has 0 fully saturated rings. The van der Waals surface area contributed by atoms with Gasteiger partial charge in [0.1, 0.15) is 9.80 Å². The Hall–Kier alpha value is -5.30. The van der Waals surface area contributed by atoms with E-state index >= 15 is 0 Å². The van der Waals surface area contributed by atoms with Gasteiger partial charge in [0.05, 0.1) is 9.80 Å². The molecule has 0 aromatic heterocycles. The summed E-state index contributed by atoms with van der Waals surface area (Å²) in [4.78, 5) is 1.66. The summed E-state index contributed by atoms with van der Waals surface area (Å²) in [6.45, 7) is 21.6. The van der Waals surface area contributed by atoms with E-state index in [9.17, 15) is 16.8 Å². The molecule has 6 aromatic carbocycles. The van der Waals surface area contributed by atoms with Gasteiger partial charge in [0.25, 0.3) is 0 Å². The van der Waals surface area contributed by atoms with Gasteiger partial charge in [-0.25, -0.2) is 12.6 Å². The van der Waals surface area contributed by atoms with E-state index in [1.54, 1.807) is 18.2 Å². The molecule has 4 nitrogen and oxygen atoms in total. The lowest BCUT2D eigenvalue weighted by molar-refractivity contribution is 0.589. The Bertz CT molecular complexity index is 3120. The normalized spacial score (nSPS) is 18.8. The first-order valence-corrected chi connectivity index (χ1v) is 23.0. The van der Waals surface area contributed by atoms with Crippen molar-refractivity contribution in [2.75, 3.05) is 0 Å². The SMILES string of the molecule is Cc1cc(C(C)(C)C)cc(C)c1C1=c2cc3cc4c(cc3cc2C2=C1S(=O)(=O)c1ccccc12)=C(c1c(C)cc(C(C)(C)C)cc1C)C1=C4c2ccccc2S1(=O)=[OH+]. The quantitative estimate of drug-likeness (QED) is 0.164. The van der Waals surface area contributed by atoms with Crippen LogP contribution in [0.4, 0.5) is 0 Å². The van der Waals surface area contributed by atoms with E-state index in [1.807, 2.05) is 30.3 Å². The summed E-state index contributed by atoms with van der Waals surface area (Å²) in [6.07, 6.45) is 0. The number of hydrogen-bond acceptors (Lipinski definition) is 3. The van der Waals surface area contributed by atoms with Crippen molar-refractivity contribution < 1.29 is 16.8 Å². The first kappa shape index (κ1) is 37.0. The van der Waals surface area contributed by atoms with E-state index < -0.39 is 19.7 Å². The van der Waals surface area contributed by atoms with Crippen molar-refractivity contribution in [2.45, 2.75) is 89.9 Å². The molecule has 2 aliphatic carbocycles. The summed E-state index contributed by atoms with van der Waals surface area (Å²) in [5.74, 6) is 0.